The number of carboxylic acid groups (broad SMARTS) is 1. The SMILES string of the molecule is CCS(=O)(=O)CCNc1ccc(C(=O)O)cc1Cl. The summed E-state index contributed by atoms with van der Waals surface area (Å²) in [5, 5.41) is 11.9. The van der Waals surface area contributed by atoms with E-state index in [1.807, 2.05) is 0 Å². The zero-order valence-electron chi connectivity index (χ0n) is 9.81. The molecule has 0 bridgehead atoms. The Bertz CT molecular complexity index is 542. The summed E-state index contributed by atoms with van der Waals surface area (Å²) in [5.41, 5.74) is 0.611. The van der Waals surface area contributed by atoms with Gasteiger partial charge in [-0.15, -0.1) is 0 Å². The number of benzene rings is 1. The van der Waals surface area contributed by atoms with Crippen molar-refractivity contribution < 1.29 is 18.3 Å². The molecule has 7 heteroatoms. The Hall–Kier alpha value is -1.27. The van der Waals surface area contributed by atoms with Crippen molar-refractivity contribution in [1.29, 1.82) is 0 Å². The maximum Gasteiger partial charge on any atom is 0.335 e. The van der Waals surface area contributed by atoms with Gasteiger partial charge >= 0.3 is 5.97 Å². The molecule has 1 aromatic rings. The molecular formula is C11H14ClNO4S. The molecule has 1 rings (SSSR count). The molecule has 0 fully saturated rings. The zero-order chi connectivity index (χ0) is 13.8. The molecule has 0 aromatic heterocycles. The minimum absolute atomic E-state index is 0.0144. The maximum absolute atomic E-state index is 11.3. The molecule has 0 aliphatic heterocycles. The van der Waals surface area contributed by atoms with Crippen LogP contribution < -0.4 is 5.32 Å². The van der Waals surface area contributed by atoms with E-state index in [0.717, 1.165) is 0 Å². The van der Waals surface area contributed by atoms with Gasteiger partial charge in [-0.05, 0) is 18.2 Å². The average Bonchev–Trinajstić information content (AvgIpc) is 2.31. The zero-order valence-corrected chi connectivity index (χ0v) is 11.4. The van der Waals surface area contributed by atoms with Gasteiger partial charge in [0.2, 0.25) is 0 Å². The number of carbonyl (C=O) groups is 1. The predicted octanol–water partition coefficient (Wildman–Crippen LogP) is 1.88. The molecule has 18 heavy (non-hydrogen) atoms. The minimum atomic E-state index is -3.02. The van der Waals surface area contributed by atoms with Crippen LogP contribution in [0.3, 0.4) is 0 Å². The van der Waals surface area contributed by atoms with Crippen molar-refractivity contribution in [3.63, 3.8) is 0 Å². The second-order valence-corrected chi connectivity index (χ2v) is 6.54. The average molecular weight is 292 g/mol. The first-order valence-corrected chi connectivity index (χ1v) is 7.53. The summed E-state index contributed by atoms with van der Waals surface area (Å²) < 4.78 is 22.5. The molecule has 0 amide bonds. The quantitative estimate of drug-likeness (QED) is 0.836. The highest BCUT2D eigenvalue weighted by Crippen LogP contribution is 2.22. The second-order valence-electron chi connectivity index (χ2n) is 3.66. The van der Waals surface area contributed by atoms with Gasteiger partial charge in [0.1, 0.15) is 0 Å². The van der Waals surface area contributed by atoms with Gasteiger partial charge in [-0.1, -0.05) is 18.5 Å². The Morgan fingerprint density at radius 2 is 2.11 bits per heavy atom. The van der Waals surface area contributed by atoms with Gasteiger partial charge in [-0.3, -0.25) is 0 Å². The standard InChI is InChI=1S/C11H14ClNO4S/c1-2-18(16,17)6-5-13-10-4-3-8(11(14)15)7-9(10)12/h3-4,7,13H,2,5-6H2,1H3,(H,14,15). The van der Waals surface area contributed by atoms with Crippen molar-refractivity contribution in [2.45, 2.75) is 6.92 Å². The van der Waals surface area contributed by atoms with Crippen LogP contribution in [0.4, 0.5) is 5.69 Å². The molecule has 0 aliphatic carbocycles. The number of carboxylic acids is 1. The lowest BCUT2D eigenvalue weighted by molar-refractivity contribution is 0.0697. The molecule has 0 saturated carbocycles. The van der Waals surface area contributed by atoms with Gasteiger partial charge < -0.3 is 10.4 Å². The van der Waals surface area contributed by atoms with Crippen molar-refractivity contribution >= 4 is 33.1 Å². The number of aromatic carboxylic acids is 1. The molecule has 0 aliphatic rings. The molecule has 2 N–H and O–H groups in total. The molecule has 5 nitrogen and oxygen atoms in total. The summed E-state index contributed by atoms with van der Waals surface area (Å²) in [6, 6.07) is 4.25. The van der Waals surface area contributed by atoms with Gasteiger partial charge in [0, 0.05) is 12.3 Å². The Labute approximate surface area is 111 Å². The fourth-order valence-electron chi connectivity index (χ4n) is 1.28. The van der Waals surface area contributed by atoms with Crippen LogP contribution in [-0.4, -0.2) is 37.5 Å². The topological polar surface area (TPSA) is 83.5 Å². The van der Waals surface area contributed by atoms with E-state index in [0.29, 0.717) is 5.69 Å². The van der Waals surface area contributed by atoms with Gasteiger partial charge in [0.25, 0.3) is 0 Å². The van der Waals surface area contributed by atoms with E-state index in [2.05, 4.69) is 5.32 Å². The first-order valence-electron chi connectivity index (χ1n) is 5.33. The normalized spacial score (nSPS) is 11.2. The molecule has 0 heterocycles. The van der Waals surface area contributed by atoms with Crippen molar-refractivity contribution in [3.8, 4) is 0 Å². The Kier molecular flexibility index (Phi) is 4.98. The highest BCUT2D eigenvalue weighted by atomic mass is 35.5. The van der Waals surface area contributed by atoms with Gasteiger partial charge in [0.15, 0.2) is 9.84 Å². The first-order chi connectivity index (χ1) is 8.35. The van der Waals surface area contributed by atoms with Gasteiger partial charge in [0.05, 0.1) is 22.0 Å². The Balaban J connectivity index is 2.67. The van der Waals surface area contributed by atoms with E-state index in [1.165, 1.54) is 18.2 Å². The molecule has 1 aromatic carbocycles. The van der Waals surface area contributed by atoms with Crippen molar-refractivity contribution in [1.82, 2.24) is 0 Å². The molecule has 0 unspecified atom stereocenters. The largest absolute Gasteiger partial charge is 0.478 e. The van der Waals surface area contributed by atoms with E-state index < -0.39 is 15.8 Å². The minimum Gasteiger partial charge on any atom is -0.478 e. The van der Waals surface area contributed by atoms with E-state index in [-0.39, 0.29) is 28.6 Å². The first kappa shape index (κ1) is 14.8. The Morgan fingerprint density at radius 1 is 1.44 bits per heavy atom. The molecule has 0 spiro atoms. The van der Waals surface area contributed by atoms with Crippen LogP contribution in [0.25, 0.3) is 0 Å². The van der Waals surface area contributed by atoms with E-state index in [4.69, 9.17) is 16.7 Å². The summed E-state index contributed by atoms with van der Waals surface area (Å²) in [5.74, 6) is -0.946. The van der Waals surface area contributed by atoms with Gasteiger partial charge in [-0.25, -0.2) is 13.2 Å². The summed E-state index contributed by atoms with van der Waals surface area (Å²) in [6.07, 6.45) is 0. The van der Waals surface area contributed by atoms with Crippen molar-refractivity contribution in [2.24, 2.45) is 0 Å². The number of hydrogen-bond donors (Lipinski definition) is 2. The van der Waals surface area contributed by atoms with Crippen LogP contribution in [0.15, 0.2) is 18.2 Å². The van der Waals surface area contributed by atoms with Crippen LogP contribution in [-0.2, 0) is 9.84 Å². The lowest BCUT2D eigenvalue weighted by Gasteiger charge is -2.08. The predicted molar refractivity (Wildman–Crippen MR) is 71.2 cm³/mol. The third kappa shape index (κ3) is 4.19. The lowest BCUT2D eigenvalue weighted by Crippen LogP contribution is -2.17. The third-order valence-electron chi connectivity index (χ3n) is 2.38. The van der Waals surface area contributed by atoms with E-state index in [9.17, 15) is 13.2 Å². The number of rotatable bonds is 6. The number of hydrogen-bond acceptors (Lipinski definition) is 4. The Morgan fingerprint density at radius 3 is 2.61 bits per heavy atom. The number of halogens is 1. The lowest BCUT2D eigenvalue weighted by atomic mass is 10.2. The van der Waals surface area contributed by atoms with Crippen LogP contribution in [0, 0.1) is 0 Å². The summed E-state index contributed by atoms with van der Waals surface area (Å²) in [7, 11) is -3.02. The maximum atomic E-state index is 11.3. The summed E-state index contributed by atoms with van der Waals surface area (Å²) >= 11 is 5.88. The second kappa shape index (κ2) is 6.06. The number of sulfone groups is 1. The molecule has 100 valence electrons. The molecule has 0 saturated heterocycles. The monoisotopic (exact) mass is 291 g/mol. The fraction of sp³-hybridized carbons (Fsp3) is 0.364. The smallest absolute Gasteiger partial charge is 0.335 e. The van der Waals surface area contributed by atoms with Gasteiger partial charge in [-0.2, -0.15) is 0 Å². The number of anilines is 1. The van der Waals surface area contributed by atoms with Crippen molar-refractivity contribution in [2.75, 3.05) is 23.4 Å². The van der Waals surface area contributed by atoms with Crippen LogP contribution in [0.2, 0.25) is 5.02 Å². The van der Waals surface area contributed by atoms with E-state index in [1.54, 1.807) is 6.92 Å². The molecule has 0 atom stereocenters. The molecule has 0 radical (unpaired) electrons. The summed E-state index contributed by atoms with van der Waals surface area (Å²) in [4.78, 5) is 10.7. The fourth-order valence-corrected chi connectivity index (χ4v) is 2.23. The number of nitrogens with one attached hydrogen (secondary N) is 1. The van der Waals surface area contributed by atoms with Crippen LogP contribution in [0.1, 0.15) is 17.3 Å². The summed E-state index contributed by atoms with van der Waals surface area (Å²) in [6.45, 7) is 1.83. The van der Waals surface area contributed by atoms with Crippen LogP contribution in [0.5, 0.6) is 0 Å². The van der Waals surface area contributed by atoms with E-state index >= 15 is 0 Å². The highest BCUT2D eigenvalue weighted by molar-refractivity contribution is 7.91. The third-order valence-corrected chi connectivity index (χ3v) is 4.40. The highest BCUT2D eigenvalue weighted by Gasteiger charge is 2.09. The van der Waals surface area contributed by atoms with Crippen molar-refractivity contribution in [3.05, 3.63) is 28.8 Å². The molecular weight excluding hydrogens is 278 g/mol. The van der Waals surface area contributed by atoms with Crippen LogP contribution >= 0.6 is 11.6 Å².